The van der Waals surface area contributed by atoms with Crippen LogP contribution in [0.5, 0.6) is 0 Å². The molecule has 0 radical (unpaired) electrons. The summed E-state index contributed by atoms with van der Waals surface area (Å²) in [6.45, 7) is 4.50. The molecule has 124 valence electrons. The van der Waals surface area contributed by atoms with Gasteiger partial charge in [0, 0.05) is 32.1 Å². The van der Waals surface area contributed by atoms with Crippen LogP contribution in [-0.2, 0) is 6.54 Å². The Kier molecular flexibility index (Phi) is 4.20. The number of benzene rings is 2. The molecule has 1 fully saturated rings. The zero-order chi connectivity index (χ0) is 16.4. The SMILES string of the molecule is Fc1ccccc1C1CCN(C2=NCCN2Cc2ccccc2)C1. The van der Waals surface area contributed by atoms with Crippen LogP contribution in [-0.4, -0.2) is 41.9 Å². The summed E-state index contributed by atoms with van der Waals surface area (Å²) in [6.07, 6.45) is 0.985. The zero-order valence-electron chi connectivity index (χ0n) is 13.7. The highest BCUT2D eigenvalue weighted by atomic mass is 19.1. The monoisotopic (exact) mass is 323 g/mol. The Balaban J connectivity index is 1.45. The molecule has 1 unspecified atom stereocenters. The highest BCUT2D eigenvalue weighted by molar-refractivity contribution is 5.82. The summed E-state index contributed by atoms with van der Waals surface area (Å²) in [6, 6.07) is 17.7. The van der Waals surface area contributed by atoms with Crippen molar-refractivity contribution in [2.75, 3.05) is 26.2 Å². The average Bonchev–Trinajstić information content (AvgIpc) is 3.25. The van der Waals surface area contributed by atoms with Crippen molar-refractivity contribution in [1.29, 1.82) is 0 Å². The van der Waals surface area contributed by atoms with Crippen LogP contribution in [0.3, 0.4) is 0 Å². The van der Waals surface area contributed by atoms with Crippen LogP contribution in [0.2, 0.25) is 0 Å². The van der Waals surface area contributed by atoms with E-state index in [2.05, 4.69) is 34.1 Å². The molecule has 1 atom stereocenters. The molecule has 1 saturated heterocycles. The van der Waals surface area contributed by atoms with Crippen molar-refractivity contribution in [3.05, 3.63) is 71.5 Å². The summed E-state index contributed by atoms with van der Waals surface area (Å²) in [7, 11) is 0. The van der Waals surface area contributed by atoms with E-state index in [4.69, 9.17) is 4.99 Å². The first kappa shape index (κ1) is 15.2. The zero-order valence-corrected chi connectivity index (χ0v) is 13.7. The second-order valence-electron chi connectivity index (χ2n) is 6.54. The third-order valence-electron chi connectivity index (χ3n) is 4.94. The summed E-state index contributed by atoms with van der Waals surface area (Å²) in [4.78, 5) is 9.39. The van der Waals surface area contributed by atoms with Gasteiger partial charge in [0.05, 0.1) is 6.54 Å². The summed E-state index contributed by atoms with van der Waals surface area (Å²) in [5.41, 5.74) is 2.14. The van der Waals surface area contributed by atoms with Gasteiger partial charge in [0.15, 0.2) is 5.96 Å². The molecule has 0 amide bonds. The summed E-state index contributed by atoms with van der Waals surface area (Å²) >= 11 is 0. The highest BCUT2D eigenvalue weighted by Gasteiger charge is 2.31. The highest BCUT2D eigenvalue weighted by Crippen LogP contribution is 2.30. The van der Waals surface area contributed by atoms with E-state index >= 15 is 0 Å². The predicted molar refractivity (Wildman–Crippen MR) is 94.5 cm³/mol. The number of halogens is 1. The molecule has 2 aliphatic heterocycles. The van der Waals surface area contributed by atoms with Crippen LogP contribution in [0.15, 0.2) is 59.6 Å². The van der Waals surface area contributed by atoms with E-state index in [1.807, 2.05) is 18.2 Å². The lowest BCUT2D eigenvalue weighted by atomic mass is 9.98. The quantitative estimate of drug-likeness (QED) is 0.861. The van der Waals surface area contributed by atoms with Gasteiger partial charge >= 0.3 is 0 Å². The number of aliphatic imine (C=N–C) groups is 1. The van der Waals surface area contributed by atoms with E-state index in [9.17, 15) is 4.39 Å². The van der Waals surface area contributed by atoms with Crippen molar-refractivity contribution in [2.24, 2.45) is 4.99 Å². The molecule has 2 heterocycles. The van der Waals surface area contributed by atoms with Gasteiger partial charge in [-0.1, -0.05) is 48.5 Å². The fourth-order valence-corrected chi connectivity index (χ4v) is 3.73. The van der Waals surface area contributed by atoms with Gasteiger partial charge in [0.2, 0.25) is 0 Å². The van der Waals surface area contributed by atoms with Crippen molar-refractivity contribution < 1.29 is 4.39 Å². The predicted octanol–water partition coefficient (Wildman–Crippen LogP) is 3.49. The number of likely N-dealkylation sites (tertiary alicyclic amines) is 1. The Labute approximate surface area is 142 Å². The van der Waals surface area contributed by atoms with E-state index in [0.717, 1.165) is 50.7 Å². The molecular formula is C20H22FN3. The lowest BCUT2D eigenvalue weighted by Crippen LogP contribution is -2.40. The second kappa shape index (κ2) is 6.63. The molecule has 24 heavy (non-hydrogen) atoms. The van der Waals surface area contributed by atoms with Gasteiger partial charge in [-0.3, -0.25) is 4.99 Å². The van der Waals surface area contributed by atoms with E-state index < -0.39 is 0 Å². The Morgan fingerprint density at radius 3 is 2.62 bits per heavy atom. The normalized spacial score (nSPS) is 20.5. The van der Waals surface area contributed by atoms with Gasteiger partial charge in [-0.25, -0.2) is 4.39 Å². The molecule has 0 N–H and O–H groups in total. The Morgan fingerprint density at radius 1 is 1.00 bits per heavy atom. The van der Waals surface area contributed by atoms with Gasteiger partial charge in [-0.05, 0) is 23.6 Å². The van der Waals surface area contributed by atoms with Crippen LogP contribution in [0.25, 0.3) is 0 Å². The minimum Gasteiger partial charge on any atom is -0.342 e. The number of nitrogens with zero attached hydrogens (tertiary/aromatic N) is 3. The van der Waals surface area contributed by atoms with Crippen molar-refractivity contribution in [1.82, 2.24) is 9.80 Å². The van der Waals surface area contributed by atoms with E-state index in [-0.39, 0.29) is 11.7 Å². The number of rotatable bonds is 3. The smallest absolute Gasteiger partial charge is 0.197 e. The largest absolute Gasteiger partial charge is 0.342 e. The van der Waals surface area contributed by atoms with Crippen molar-refractivity contribution in [3.63, 3.8) is 0 Å². The van der Waals surface area contributed by atoms with Crippen LogP contribution >= 0.6 is 0 Å². The van der Waals surface area contributed by atoms with Crippen molar-refractivity contribution in [3.8, 4) is 0 Å². The first-order valence-corrected chi connectivity index (χ1v) is 8.64. The van der Waals surface area contributed by atoms with Crippen LogP contribution in [0.1, 0.15) is 23.5 Å². The van der Waals surface area contributed by atoms with Crippen LogP contribution in [0, 0.1) is 5.82 Å². The fraction of sp³-hybridized carbons (Fsp3) is 0.350. The van der Waals surface area contributed by atoms with Gasteiger partial charge in [-0.2, -0.15) is 0 Å². The van der Waals surface area contributed by atoms with E-state index in [1.54, 1.807) is 12.1 Å². The maximum atomic E-state index is 14.1. The Morgan fingerprint density at radius 2 is 1.79 bits per heavy atom. The summed E-state index contributed by atoms with van der Waals surface area (Å²) < 4.78 is 14.1. The maximum absolute atomic E-state index is 14.1. The summed E-state index contributed by atoms with van der Waals surface area (Å²) in [5.74, 6) is 1.25. The third-order valence-corrected chi connectivity index (χ3v) is 4.94. The van der Waals surface area contributed by atoms with Gasteiger partial charge < -0.3 is 9.80 Å². The molecule has 0 aromatic heterocycles. The van der Waals surface area contributed by atoms with Crippen molar-refractivity contribution >= 4 is 5.96 Å². The Hall–Kier alpha value is -2.36. The van der Waals surface area contributed by atoms with E-state index in [1.165, 1.54) is 5.56 Å². The lowest BCUT2D eigenvalue weighted by molar-refractivity contribution is 0.370. The fourth-order valence-electron chi connectivity index (χ4n) is 3.73. The first-order chi connectivity index (χ1) is 11.8. The molecule has 3 nitrogen and oxygen atoms in total. The molecule has 4 rings (SSSR count). The molecular weight excluding hydrogens is 301 g/mol. The second-order valence-corrected chi connectivity index (χ2v) is 6.54. The van der Waals surface area contributed by atoms with Gasteiger partial charge in [0.25, 0.3) is 0 Å². The average molecular weight is 323 g/mol. The number of hydrogen-bond donors (Lipinski definition) is 0. The Bertz CT molecular complexity index is 729. The van der Waals surface area contributed by atoms with Crippen molar-refractivity contribution in [2.45, 2.75) is 18.9 Å². The van der Waals surface area contributed by atoms with E-state index in [0.29, 0.717) is 0 Å². The summed E-state index contributed by atoms with van der Waals surface area (Å²) in [5, 5.41) is 0. The molecule has 2 aromatic carbocycles. The molecule has 0 spiro atoms. The molecule has 0 saturated carbocycles. The minimum atomic E-state index is -0.0844. The molecule has 0 aliphatic carbocycles. The first-order valence-electron chi connectivity index (χ1n) is 8.64. The standard InChI is InChI=1S/C20H22FN3/c21-19-9-5-4-8-18(19)17-10-12-23(15-17)20-22-11-13-24(20)14-16-6-2-1-3-7-16/h1-9,17H,10-15H2. The molecule has 2 aliphatic rings. The number of guanidine groups is 1. The topological polar surface area (TPSA) is 18.8 Å². The minimum absolute atomic E-state index is 0.0844. The number of hydrogen-bond acceptors (Lipinski definition) is 3. The van der Waals surface area contributed by atoms with Gasteiger partial charge in [0.1, 0.15) is 5.82 Å². The molecule has 4 heteroatoms. The lowest BCUT2D eigenvalue weighted by Gasteiger charge is -2.28. The van der Waals surface area contributed by atoms with Crippen LogP contribution < -0.4 is 0 Å². The third kappa shape index (κ3) is 3.01. The maximum Gasteiger partial charge on any atom is 0.197 e. The van der Waals surface area contributed by atoms with Gasteiger partial charge in [-0.15, -0.1) is 0 Å². The molecule has 0 bridgehead atoms. The molecule has 2 aromatic rings. The van der Waals surface area contributed by atoms with Crippen LogP contribution in [0.4, 0.5) is 4.39 Å².